The van der Waals surface area contributed by atoms with E-state index in [9.17, 15) is 9.90 Å². The fourth-order valence-corrected chi connectivity index (χ4v) is 1.63. The van der Waals surface area contributed by atoms with Crippen molar-refractivity contribution in [1.29, 1.82) is 0 Å². The Morgan fingerprint density at radius 3 is 2.71 bits per heavy atom. The zero-order valence-corrected chi connectivity index (χ0v) is 9.64. The van der Waals surface area contributed by atoms with Crippen LogP contribution in [0.2, 0.25) is 0 Å². The van der Waals surface area contributed by atoms with Crippen molar-refractivity contribution < 1.29 is 5.11 Å². The highest BCUT2D eigenvalue weighted by molar-refractivity contribution is 5.65. The SMILES string of the molecule is Cc1ncc(-c2cccc(=O)c(O)c2)c(C)n1. The molecule has 1 aromatic carbocycles. The molecule has 4 heteroatoms. The smallest absolute Gasteiger partial charge is 0.220 e. The summed E-state index contributed by atoms with van der Waals surface area (Å²) in [6, 6.07) is 6.12. The maximum Gasteiger partial charge on any atom is 0.220 e. The molecule has 0 saturated heterocycles. The Bertz CT molecular complexity index is 624. The van der Waals surface area contributed by atoms with Crippen LogP contribution in [0.5, 0.6) is 5.75 Å². The van der Waals surface area contributed by atoms with Crippen LogP contribution in [0.3, 0.4) is 0 Å². The molecule has 0 aliphatic rings. The molecule has 2 rings (SSSR count). The number of rotatable bonds is 1. The minimum Gasteiger partial charge on any atom is -0.504 e. The van der Waals surface area contributed by atoms with Crippen LogP contribution in [0.15, 0.2) is 35.3 Å². The Kier molecular flexibility index (Phi) is 2.87. The van der Waals surface area contributed by atoms with Crippen LogP contribution in [0.25, 0.3) is 11.1 Å². The van der Waals surface area contributed by atoms with Crippen molar-refractivity contribution in [2.45, 2.75) is 13.8 Å². The molecule has 0 saturated carbocycles. The Morgan fingerprint density at radius 1 is 1.24 bits per heavy atom. The average Bonchev–Trinajstić information content (AvgIpc) is 2.42. The first-order valence-corrected chi connectivity index (χ1v) is 5.22. The predicted octanol–water partition coefficient (Wildman–Crippen LogP) is 1.83. The second-order valence-electron chi connectivity index (χ2n) is 3.79. The van der Waals surface area contributed by atoms with E-state index in [1.807, 2.05) is 13.8 Å². The highest BCUT2D eigenvalue weighted by Crippen LogP contribution is 2.22. The molecule has 0 aliphatic heterocycles. The second kappa shape index (κ2) is 4.33. The fourth-order valence-electron chi connectivity index (χ4n) is 1.63. The van der Waals surface area contributed by atoms with Gasteiger partial charge in [-0.1, -0.05) is 12.1 Å². The van der Waals surface area contributed by atoms with Crippen LogP contribution >= 0.6 is 0 Å². The third kappa shape index (κ3) is 2.30. The lowest BCUT2D eigenvalue weighted by molar-refractivity contribution is 0.471. The van der Waals surface area contributed by atoms with Gasteiger partial charge >= 0.3 is 0 Å². The summed E-state index contributed by atoms with van der Waals surface area (Å²) in [5, 5.41) is 9.51. The summed E-state index contributed by atoms with van der Waals surface area (Å²) in [5.41, 5.74) is 1.95. The monoisotopic (exact) mass is 228 g/mol. The summed E-state index contributed by atoms with van der Waals surface area (Å²) in [7, 11) is 0. The summed E-state index contributed by atoms with van der Waals surface area (Å²) in [4.78, 5) is 19.6. The van der Waals surface area contributed by atoms with Gasteiger partial charge in [-0.2, -0.15) is 0 Å². The molecule has 0 spiro atoms. The standard InChI is InChI=1S/C13H12N2O2/c1-8-11(7-14-9(2)15-8)10-4-3-5-12(16)13(17)6-10/h3-7H,1-2H3,(H,16,17). The van der Waals surface area contributed by atoms with Gasteiger partial charge in [0.15, 0.2) is 5.75 Å². The van der Waals surface area contributed by atoms with Crippen LogP contribution in [0.1, 0.15) is 11.5 Å². The second-order valence-corrected chi connectivity index (χ2v) is 3.79. The molecule has 0 amide bonds. The number of hydrogen-bond acceptors (Lipinski definition) is 4. The Hall–Kier alpha value is -2.23. The maximum absolute atomic E-state index is 11.3. The molecule has 17 heavy (non-hydrogen) atoms. The van der Waals surface area contributed by atoms with Crippen molar-refractivity contribution in [2.24, 2.45) is 0 Å². The van der Waals surface area contributed by atoms with E-state index in [2.05, 4.69) is 9.97 Å². The van der Waals surface area contributed by atoms with Crippen LogP contribution in [-0.4, -0.2) is 15.1 Å². The van der Waals surface area contributed by atoms with Crippen molar-refractivity contribution in [3.63, 3.8) is 0 Å². The minimum absolute atomic E-state index is 0.273. The third-order valence-corrected chi connectivity index (χ3v) is 2.48. The van der Waals surface area contributed by atoms with E-state index in [4.69, 9.17) is 0 Å². The average molecular weight is 228 g/mol. The molecule has 0 atom stereocenters. The van der Waals surface area contributed by atoms with Crippen LogP contribution in [-0.2, 0) is 0 Å². The van der Waals surface area contributed by atoms with E-state index >= 15 is 0 Å². The molecule has 0 unspecified atom stereocenters. The van der Waals surface area contributed by atoms with Gasteiger partial charge in [-0.05, 0) is 31.5 Å². The summed E-state index contributed by atoms with van der Waals surface area (Å²) in [6.45, 7) is 3.68. The lowest BCUT2D eigenvalue weighted by Gasteiger charge is -2.03. The lowest BCUT2D eigenvalue weighted by Crippen LogP contribution is -1.94. The van der Waals surface area contributed by atoms with Crippen molar-refractivity contribution in [3.8, 4) is 16.9 Å². The predicted molar refractivity (Wildman–Crippen MR) is 64.9 cm³/mol. The van der Waals surface area contributed by atoms with Crippen molar-refractivity contribution >= 4 is 0 Å². The van der Waals surface area contributed by atoms with Crippen molar-refractivity contribution in [3.05, 3.63) is 52.2 Å². The number of aryl methyl sites for hydroxylation is 2. The minimum atomic E-state index is -0.401. The highest BCUT2D eigenvalue weighted by atomic mass is 16.3. The Balaban J connectivity index is 2.65. The molecule has 4 nitrogen and oxygen atoms in total. The van der Waals surface area contributed by atoms with Crippen molar-refractivity contribution in [2.75, 3.05) is 0 Å². The Morgan fingerprint density at radius 2 is 2.00 bits per heavy atom. The Labute approximate surface area is 98.6 Å². The summed E-state index contributed by atoms with van der Waals surface area (Å²) >= 11 is 0. The molecule has 0 bridgehead atoms. The van der Waals surface area contributed by atoms with E-state index in [1.54, 1.807) is 18.3 Å². The zero-order chi connectivity index (χ0) is 12.4. The summed E-state index contributed by atoms with van der Waals surface area (Å²) < 4.78 is 0. The quantitative estimate of drug-likeness (QED) is 0.808. The topological polar surface area (TPSA) is 63.1 Å². The molecule has 0 aliphatic carbocycles. The molecular weight excluding hydrogens is 216 g/mol. The molecule has 2 aromatic rings. The number of aromatic nitrogens is 2. The normalized spacial score (nSPS) is 10.2. The summed E-state index contributed by atoms with van der Waals surface area (Å²) in [6.07, 6.45) is 1.69. The van der Waals surface area contributed by atoms with Gasteiger partial charge in [0.1, 0.15) is 5.82 Å². The number of nitrogens with zero attached hydrogens (tertiary/aromatic N) is 2. The highest BCUT2D eigenvalue weighted by Gasteiger charge is 2.05. The van der Waals surface area contributed by atoms with E-state index in [0.717, 1.165) is 16.8 Å². The van der Waals surface area contributed by atoms with Crippen LogP contribution < -0.4 is 5.43 Å². The summed E-state index contributed by atoms with van der Waals surface area (Å²) in [5.74, 6) is 0.422. The van der Waals surface area contributed by atoms with Crippen LogP contribution in [0, 0.1) is 13.8 Å². The van der Waals surface area contributed by atoms with Gasteiger partial charge in [0, 0.05) is 17.5 Å². The molecule has 1 aromatic heterocycles. The van der Waals surface area contributed by atoms with Gasteiger partial charge in [0.05, 0.1) is 0 Å². The van der Waals surface area contributed by atoms with Gasteiger partial charge in [-0.3, -0.25) is 4.79 Å². The van der Waals surface area contributed by atoms with E-state index < -0.39 is 5.43 Å². The first-order chi connectivity index (χ1) is 8.08. The van der Waals surface area contributed by atoms with Gasteiger partial charge < -0.3 is 5.11 Å². The van der Waals surface area contributed by atoms with E-state index in [-0.39, 0.29) is 5.75 Å². The third-order valence-electron chi connectivity index (χ3n) is 2.48. The van der Waals surface area contributed by atoms with Crippen molar-refractivity contribution in [1.82, 2.24) is 9.97 Å². The first-order valence-electron chi connectivity index (χ1n) is 5.22. The lowest BCUT2D eigenvalue weighted by atomic mass is 10.1. The van der Waals surface area contributed by atoms with Gasteiger partial charge in [-0.15, -0.1) is 0 Å². The molecular formula is C13H12N2O2. The molecule has 86 valence electrons. The number of hydrogen-bond donors (Lipinski definition) is 1. The largest absolute Gasteiger partial charge is 0.504 e. The van der Waals surface area contributed by atoms with Crippen LogP contribution in [0.4, 0.5) is 0 Å². The first kappa shape index (κ1) is 11.3. The molecule has 1 N–H and O–H groups in total. The molecule has 0 radical (unpaired) electrons. The fraction of sp³-hybridized carbons (Fsp3) is 0.154. The molecule has 0 fully saturated rings. The zero-order valence-electron chi connectivity index (χ0n) is 9.64. The van der Waals surface area contributed by atoms with Gasteiger partial charge in [0.25, 0.3) is 0 Å². The van der Waals surface area contributed by atoms with E-state index in [1.165, 1.54) is 12.1 Å². The molecule has 1 heterocycles. The maximum atomic E-state index is 11.3. The van der Waals surface area contributed by atoms with Gasteiger partial charge in [-0.25, -0.2) is 9.97 Å². The van der Waals surface area contributed by atoms with E-state index in [0.29, 0.717) is 5.82 Å². The van der Waals surface area contributed by atoms with Gasteiger partial charge in [0.2, 0.25) is 5.43 Å². The number of aromatic hydroxyl groups is 1.